The van der Waals surface area contributed by atoms with Crippen LogP contribution in [0.4, 0.5) is 0 Å². The van der Waals surface area contributed by atoms with E-state index in [1.807, 2.05) is 20.8 Å². The van der Waals surface area contributed by atoms with Crippen LogP contribution in [-0.2, 0) is 5.54 Å². The van der Waals surface area contributed by atoms with Crippen molar-refractivity contribution in [3.8, 4) is 0 Å². The topological polar surface area (TPSA) is 89.9 Å². The van der Waals surface area contributed by atoms with Crippen molar-refractivity contribution in [3.05, 3.63) is 5.82 Å². The van der Waals surface area contributed by atoms with E-state index in [9.17, 15) is 0 Å². The monoisotopic (exact) mass is 199 g/mol. The minimum absolute atomic E-state index is 0.0493. The molecular weight excluding hydrogens is 182 g/mol. The van der Waals surface area contributed by atoms with Gasteiger partial charge in [0.2, 0.25) is 0 Å². The summed E-state index contributed by atoms with van der Waals surface area (Å²) in [6.45, 7) is 6.22. The number of aliphatic hydroxyl groups excluding tert-OH is 1. The fraction of sp³-hybridized carbons (Fsp3) is 0.875. The minimum Gasteiger partial charge on any atom is -0.396 e. The fourth-order valence-electron chi connectivity index (χ4n) is 0.934. The summed E-state index contributed by atoms with van der Waals surface area (Å²) in [5.74, 6) is 0.288. The molecule has 14 heavy (non-hydrogen) atoms. The van der Waals surface area contributed by atoms with Crippen LogP contribution in [0.3, 0.4) is 0 Å². The van der Waals surface area contributed by atoms with Gasteiger partial charge in [0.05, 0.1) is 18.1 Å². The first-order valence-electron chi connectivity index (χ1n) is 4.60. The molecule has 1 atom stereocenters. The van der Waals surface area contributed by atoms with Crippen molar-refractivity contribution in [1.29, 1.82) is 0 Å². The third-order valence-corrected chi connectivity index (χ3v) is 1.90. The molecule has 80 valence electrons. The van der Waals surface area contributed by atoms with Gasteiger partial charge in [-0.15, -0.1) is 10.2 Å². The molecule has 3 N–H and O–H groups in total. The maximum Gasteiger partial charge on any atom is 0.181 e. The van der Waals surface area contributed by atoms with Crippen LogP contribution in [0.1, 0.15) is 32.5 Å². The molecule has 0 amide bonds. The van der Waals surface area contributed by atoms with Gasteiger partial charge < -0.3 is 10.8 Å². The first kappa shape index (κ1) is 11.1. The molecule has 1 unspecified atom stereocenters. The van der Waals surface area contributed by atoms with E-state index in [2.05, 4.69) is 15.4 Å². The molecule has 0 saturated heterocycles. The Labute approximate surface area is 83.1 Å². The Morgan fingerprint density at radius 1 is 1.50 bits per heavy atom. The highest BCUT2D eigenvalue weighted by Gasteiger charge is 2.20. The lowest BCUT2D eigenvalue weighted by atomic mass is 10.1. The van der Waals surface area contributed by atoms with E-state index in [1.54, 1.807) is 0 Å². The van der Waals surface area contributed by atoms with Gasteiger partial charge in [0, 0.05) is 6.54 Å². The van der Waals surface area contributed by atoms with Gasteiger partial charge in [-0.1, -0.05) is 0 Å². The van der Waals surface area contributed by atoms with Crippen molar-refractivity contribution in [1.82, 2.24) is 20.2 Å². The van der Waals surface area contributed by atoms with Gasteiger partial charge in [-0.3, -0.25) is 0 Å². The standard InChI is InChI=1S/C8H17N5O/c1-8(2,3)13-11-7(10-12-13)6(4-9)5-14/h6,14H,4-5,9H2,1-3H3. The Morgan fingerprint density at radius 2 is 2.14 bits per heavy atom. The maximum absolute atomic E-state index is 8.99. The molecule has 1 aromatic heterocycles. The van der Waals surface area contributed by atoms with Gasteiger partial charge in [-0.25, -0.2) is 0 Å². The van der Waals surface area contributed by atoms with E-state index in [0.29, 0.717) is 12.4 Å². The number of hydrogen-bond donors (Lipinski definition) is 2. The Balaban J connectivity index is 2.87. The smallest absolute Gasteiger partial charge is 0.181 e. The molecule has 0 aliphatic rings. The molecular formula is C8H17N5O. The zero-order valence-electron chi connectivity index (χ0n) is 8.80. The number of aromatic nitrogens is 4. The summed E-state index contributed by atoms with van der Waals surface area (Å²) in [6, 6.07) is 0. The molecule has 0 bridgehead atoms. The van der Waals surface area contributed by atoms with E-state index in [4.69, 9.17) is 10.8 Å². The maximum atomic E-state index is 8.99. The van der Waals surface area contributed by atoms with Crippen LogP contribution in [0.15, 0.2) is 0 Å². The highest BCUT2D eigenvalue weighted by atomic mass is 16.3. The average Bonchev–Trinajstić information content (AvgIpc) is 2.54. The van der Waals surface area contributed by atoms with Crippen LogP contribution in [0.5, 0.6) is 0 Å². The summed E-state index contributed by atoms with van der Waals surface area (Å²) in [5, 5.41) is 21.0. The van der Waals surface area contributed by atoms with E-state index >= 15 is 0 Å². The van der Waals surface area contributed by atoms with Crippen molar-refractivity contribution < 1.29 is 5.11 Å². The molecule has 0 aliphatic carbocycles. The normalized spacial score (nSPS) is 14.4. The second-order valence-corrected chi connectivity index (χ2v) is 4.22. The summed E-state index contributed by atoms with van der Waals surface area (Å²) in [6.07, 6.45) is 0. The highest BCUT2D eigenvalue weighted by molar-refractivity contribution is 4.92. The van der Waals surface area contributed by atoms with Crippen molar-refractivity contribution in [3.63, 3.8) is 0 Å². The van der Waals surface area contributed by atoms with Gasteiger partial charge in [0.1, 0.15) is 0 Å². The van der Waals surface area contributed by atoms with Crippen molar-refractivity contribution >= 4 is 0 Å². The second-order valence-electron chi connectivity index (χ2n) is 4.22. The van der Waals surface area contributed by atoms with Gasteiger partial charge in [-0.05, 0) is 26.0 Å². The lowest BCUT2D eigenvalue weighted by Gasteiger charge is -2.15. The molecule has 0 saturated carbocycles. The first-order valence-corrected chi connectivity index (χ1v) is 4.60. The molecule has 6 heteroatoms. The first-order chi connectivity index (χ1) is 6.49. The van der Waals surface area contributed by atoms with Gasteiger partial charge in [0.15, 0.2) is 5.82 Å². The van der Waals surface area contributed by atoms with Crippen molar-refractivity contribution in [2.45, 2.75) is 32.2 Å². The molecule has 6 nitrogen and oxygen atoms in total. The van der Waals surface area contributed by atoms with E-state index in [1.165, 1.54) is 4.80 Å². The zero-order chi connectivity index (χ0) is 10.8. The van der Waals surface area contributed by atoms with Crippen molar-refractivity contribution in [2.24, 2.45) is 5.73 Å². The Bertz CT molecular complexity index is 286. The summed E-state index contributed by atoms with van der Waals surface area (Å²) >= 11 is 0. The number of nitrogens with zero attached hydrogens (tertiary/aromatic N) is 4. The molecule has 0 spiro atoms. The molecule has 0 aromatic carbocycles. The van der Waals surface area contributed by atoms with Crippen molar-refractivity contribution in [2.75, 3.05) is 13.2 Å². The lowest BCUT2D eigenvalue weighted by molar-refractivity contribution is 0.260. The molecule has 0 radical (unpaired) electrons. The number of aliphatic hydroxyl groups is 1. The number of nitrogens with two attached hydrogens (primary N) is 1. The summed E-state index contributed by atoms with van der Waals surface area (Å²) < 4.78 is 0. The van der Waals surface area contributed by atoms with Gasteiger partial charge >= 0.3 is 0 Å². The Morgan fingerprint density at radius 3 is 2.50 bits per heavy atom. The quantitative estimate of drug-likeness (QED) is 0.682. The largest absolute Gasteiger partial charge is 0.396 e. The SMILES string of the molecule is CC(C)(C)n1nnc(C(CN)CO)n1. The third kappa shape index (κ3) is 2.27. The summed E-state index contributed by atoms with van der Waals surface area (Å²) in [7, 11) is 0. The van der Waals surface area contributed by atoms with E-state index in [-0.39, 0.29) is 18.1 Å². The van der Waals surface area contributed by atoms with Crippen LogP contribution in [0.2, 0.25) is 0 Å². The van der Waals surface area contributed by atoms with Crippen LogP contribution >= 0.6 is 0 Å². The minimum atomic E-state index is -0.217. The second kappa shape index (κ2) is 4.02. The lowest BCUT2D eigenvalue weighted by Crippen LogP contribution is -2.25. The van der Waals surface area contributed by atoms with Crippen LogP contribution in [-0.4, -0.2) is 38.5 Å². The van der Waals surface area contributed by atoms with Gasteiger partial charge in [-0.2, -0.15) is 4.80 Å². The van der Waals surface area contributed by atoms with E-state index in [0.717, 1.165) is 0 Å². The molecule has 1 aromatic rings. The van der Waals surface area contributed by atoms with E-state index < -0.39 is 0 Å². The number of tetrazole rings is 1. The predicted molar refractivity (Wildman–Crippen MR) is 51.7 cm³/mol. The average molecular weight is 199 g/mol. The van der Waals surface area contributed by atoms with Crippen LogP contribution in [0, 0.1) is 0 Å². The fourth-order valence-corrected chi connectivity index (χ4v) is 0.934. The molecule has 0 aliphatic heterocycles. The predicted octanol–water partition coefficient (Wildman–Crippen LogP) is -0.537. The Kier molecular flexibility index (Phi) is 3.17. The van der Waals surface area contributed by atoms with Crippen LogP contribution in [0.25, 0.3) is 0 Å². The molecule has 1 heterocycles. The zero-order valence-corrected chi connectivity index (χ0v) is 8.80. The molecule has 1 rings (SSSR count). The van der Waals surface area contributed by atoms with Crippen LogP contribution < -0.4 is 5.73 Å². The number of rotatable bonds is 3. The summed E-state index contributed by atoms with van der Waals surface area (Å²) in [4.78, 5) is 1.53. The van der Waals surface area contributed by atoms with Gasteiger partial charge in [0.25, 0.3) is 0 Å². The third-order valence-electron chi connectivity index (χ3n) is 1.90. The number of hydrogen-bond acceptors (Lipinski definition) is 5. The highest BCUT2D eigenvalue weighted by Crippen LogP contribution is 2.12. The Hall–Kier alpha value is -1.01. The summed E-state index contributed by atoms with van der Waals surface area (Å²) in [5.41, 5.74) is 5.26. The molecule has 0 fully saturated rings.